The second-order valence-corrected chi connectivity index (χ2v) is 6.99. The fourth-order valence-corrected chi connectivity index (χ4v) is 3.49. The van der Waals surface area contributed by atoms with Crippen molar-refractivity contribution in [2.45, 2.75) is 13.8 Å². The molecule has 1 N–H and O–H groups in total. The molecular weight excluding hydrogens is 400 g/mol. The van der Waals surface area contributed by atoms with Gasteiger partial charge in [-0.15, -0.1) is 11.3 Å². The van der Waals surface area contributed by atoms with Crippen molar-refractivity contribution in [2.24, 2.45) is 0 Å². The van der Waals surface area contributed by atoms with E-state index in [0.29, 0.717) is 5.69 Å². The van der Waals surface area contributed by atoms with E-state index in [1.807, 2.05) is 60.0 Å². The molecule has 0 aliphatic carbocycles. The molecule has 2 aromatic carbocycles. The van der Waals surface area contributed by atoms with Gasteiger partial charge in [-0.3, -0.25) is 0 Å². The molecule has 0 unspecified atom stereocenters. The molecule has 0 bridgehead atoms. The molecule has 0 aliphatic heterocycles. The summed E-state index contributed by atoms with van der Waals surface area (Å²) in [6.07, 6.45) is 1.31. The molecule has 30 heavy (non-hydrogen) atoms. The van der Waals surface area contributed by atoms with Crippen LogP contribution in [-0.4, -0.2) is 30.1 Å². The predicted molar refractivity (Wildman–Crippen MR) is 118 cm³/mol. The van der Waals surface area contributed by atoms with Crippen LogP contribution in [0, 0.1) is 0 Å². The lowest BCUT2D eigenvalue weighted by atomic mass is 10.2. The number of carbonyl (C=O) groups excluding carboxylic acids is 2. The first-order valence-corrected chi connectivity index (χ1v) is 10.4. The molecule has 3 rings (SSSR count). The van der Waals surface area contributed by atoms with Gasteiger partial charge in [0.25, 0.3) is 0 Å². The zero-order valence-corrected chi connectivity index (χ0v) is 17.6. The van der Waals surface area contributed by atoms with Crippen molar-refractivity contribution in [2.75, 3.05) is 18.5 Å². The summed E-state index contributed by atoms with van der Waals surface area (Å²) in [5.74, 6) is -1.46. The number of anilines is 1. The van der Waals surface area contributed by atoms with Crippen LogP contribution in [0.4, 0.5) is 5.69 Å². The minimum atomic E-state index is -0.730. The molecule has 7 heteroatoms. The highest BCUT2D eigenvalue weighted by Crippen LogP contribution is 2.30. The Balaban J connectivity index is 1.81. The van der Waals surface area contributed by atoms with Crippen molar-refractivity contribution in [3.05, 3.63) is 71.8 Å². The largest absolute Gasteiger partial charge is 0.462 e. The van der Waals surface area contributed by atoms with Crippen LogP contribution in [0.2, 0.25) is 0 Å². The fourth-order valence-electron chi connectivity index (χ4n) is 2.66. The lowest BCUT2D eigenvalue weighted by Crippen LogP contribution is -2.19. The first-order valence-electron chi connectivity index (χ1n) is 9.54. The minimum absolute atomic E-state index is 0.166. The first-order chi connectivity index (χ1) is 14.6. The highest BCUT2D eigenvalue weighted by Gasteiger charge is 2.21. The molecular formula is C23H22N2O4S. The minimum Gasteiger partial charge on any atom is -0.462 e. The Morgan fingerprint density at radius 1 is 0.967 bits per heavy atom. The quantitative estimate of drug-likeness (QED) is 0.241. The van der Waals surface area contributed by atoms with Gasteiger partial charge in [0.15, 0.2) is 5.57 Å². The second kappa shape index (κ2) is 10.4. The van der Waals surface area contributed by atoms with Gasteiger partial charge in [-0.05, 0) is 26.0 Å². The number of ether oxygens (including phenoxy) is 2. The Bertz CT molecular complexity index is 1020. The maximum absolute atomic E-state index is 12.1. The number of rotatable bonds is 8. The molecule has 0 atom stereocenters. The Morgan fingerprint density at radius 3 is 2.30 bits per heavy atom. The van der Waals surface area contributed by atoms with Gasteiger partial charge < -0.3 is 14.8 Å². The summed E-state index contributed by atoms with van der Waals surface area (Å²) in [5, 5.41) is 5.88. The molecule has 3 aromatic rings. The summed E-state index contributed by atoms with van der Waals surface area (Å²) < 4.78 is 9.88. The van der Waals surface area contributed by atoms with Crippen molar-refractivity contribution >= 4 is 29.0 Å². The zero-order chi connectivity index (χ0) is 21.3. The van der Waals surface area contributed by atoms with Crippen molar-refractivity contribution < 1.29 is 19.1 Å². The second-order valence-electron chi connectivity index (χ2n) is 6.13. The third-order valence-electron chi connectivity index (χ3n) is 4.06. The molecule has 0 fully saturated rings. The van der Waals surface area contributed by atoms with Crippen LogP contribution in [-0.2, 0) is 19.1 Å². The summed E-state index contributed by atoms with van der Waals surface area (Å²) in [6, 6.07) is 17.6. The summed E-state index contributed by atoms with van der Waals surface area (Å²) >= 11 is 1.55. The molecule has 0 amide bonds. The highest BCUT2D eigenvalue weighted by atomic mass is 32.1. The molecule has 0 spiro atoms. The number of nitrogens with one attached hydrogen (secondary N) is 1. The number of hydrogen-bond donors (Lipinski definition) is 1. The zero-order valence-electron chi connectivity index (χ0n) is 16.8. The van der Waals surface area contributed by atoms with Gasteiger partial charge in [0.05, 0.1) is 18.9 Å². The summed E-state index contributed by atoms with van der Waals surface area (Å²) in [6.45, 7) is 3.68. The van der Waals surface area contributed by atoms with Gasteiger partial charge >= 0.3 is 11.9 Å². The van der Waals surface area contributed by atoms with Crippen LogP contribution >= 0.6 is 11.3 Å². The van der Waals surface area contributed by atoms with Crippen LogP contribution in [0.15, 0.2) is 71.8 Å². The lowest BCUT2D eigenvalue weighted by Gasteiger charge is -2.08. The maximum Gasteiger partial charge on any atom is 0.347 e. The van der Waals surface area contributed by atoms with Gasteiger partial charge in [-0.2, -0.15) is 0 Å². The molecule has 1 aromatic heterocycles. The average Bonchev–Trinajstić information content (AvgIpc) is 3.26. The van der Waals surface area contributed by atoms with E-state index in [4.69, 9.17) is 14.5 Å². The van der Waals surface area contributed by atoms with E-state index in [1.165, 1.54) is 6.20 Å². The van der Waals surface area contributed by atoms with E-state index < -0.39 is 11.9 Å². The molecule has 0 radical (unpaired) electrons. The highest BCUT2D eigenvalue weighted by molar-refractivity contribution is 7.13. The van der Waals surface area contributed by atoms with E-state index in [-0.39, 0.29) is 18.8 Å². The maximum atomic E-state index is 12.1. The molecule has 154 valence electrons. The number of aromatic nitrogens is 1. The normalized spacial score (nSPS) is 10.2. The van der Waals surface area contributed by atoms with Crippen molar-refractivity contribution in [1.29, 1.82) is 0 Å². The summed E-state index contributed by atoms with van der Waals surface area (Å²) in [7, 11) is 0. The smallest absolute Gasteiger partial charge is 0.347 e. The van der Waals surface area contributed by atoms with E-state index >= 15 is 0 Å². The SMILES string of the molecule is CCOC(=O)C(=CNc1cccc(-c2nc(-c3ccccc3)cs2)c1)C(=O)OCC. The number of thiazole rings is 1. The standard InChI is InChI=1S/C23H22N2O4S/c1-3-28-22(26)19(23(27)29-4-2)14-24-18-12-8-11-17(13-18)21-25-20(15-30-21)16-9-6-5-7-10-16/h5-15,24H,3-4H2,1-2H3. The summed E-state index contributed by atoms with van der Waals surface area (Å²) in [5.41, 5.74) is 3.42. The average molecular weight is 423 g/mol. The molecule has 0 saturated heterocycles. The van der Waals surface area contributed by atoms with Crippen LogP contribution in [0.5, 0.6) is 0 Å². The Hall–Kier alpha value is -3.45. The van der Waals surface area contributed by atoms with E-state index in [0.717, 1.165) is 21.8 Å². The number of benzene rings is 2. The van der Waals surface area contributed by atoms with E-state index in [9.17, 15) is 9.59 Å². The third kappa shape index (κ3) is 5.33. The fraction of sp³-hybridized carbons (Fsp3) is 0.174. The molecule has 0 saturated carbocycles. The van der Waals surface area contributed by atoms with Crippen LogP contribution in [0.1, 0.15) is 13.8 Å². The Morgan fingerprint density at radius 2 is 1.63 bits per heavy atom. The van der Waals surface area contributed by atoms with E-state index in [2.05, 4.69) is 5.32 Å². The summed E-state index contributed by atoms with van der Waals surface area (Å²) in [4.78, 5) is 28.9. The van der Waals surface area contributed by atoms with Crippen LogP contribution in [0.3, 0.4) is 0 Å². The van der Waals surface area contributed by atoms with Crippen molar-refractivity contribution in [1.82, 2.24) is 4.98 Å². The van der Waals surface area contributed by atoms with Crippen LogP contribution < -0.4 is 5.32 Å². The van der Waals surface area contributed by atoms with Crippen molar-refractivity contribution in [3.8, 4) is 21.8 Å². The number of hydrogen-bond acceptors (Lipinski definition) is 7. The van der Waals surface area contributed by atoms with E-state index in [1.54, 1.807) is 25.2 Å². The predicted octanol–water partition coefficient (Wildman–Crippen LogP) is 4.90. The van der Waals surface area contributed by atoms with Gasteiger partial charge in [-0.25, -0.2) is 14.6 Å². The van der Waals surface area contributed by atoms with Crippen LogP contribution in [0.25, 0.3) is 21.8 Å². The molecule has 6 nitrogen and oxygen atoms in total. The Labute approximate surface area is 179 Å². The van der Waals surface area contributed by atoms with Gasteiger partial charge in [0, 0.05) is 28.4 Å². The van der Waals surface area contributed by atoms with Gasteiger partial charge in [0.1, 0.15) is 5.01 Å². The number of nitrogens with zero attached hydrogens (tertiary/aromatic N) is 1. The van der Waals surface area contributed by atoms with Gasteiger partial charge in [-0.1, -0.05) is 42.5 Å². The topological polar surface area (TPSA) is 77.5 Å². The monoisotopic (exact) mass is 422 g/mol. The Kier molecular flexibility index (Phi) is 7.34. The number of esters is 2. The molecule has 1 heterocycles. The number of carbonyl (C=O) groups is 2. The third-order valence-corrected chi connectivity index (χ3v) is 4.95. The van der Waals surface area contributed by atoms with Crippen molar-refractivity contribution in [3.63, 3.8) is 0 Å². The lowest BCUT2D eigenvalue weighted by molar-refractivity contribution is -0.146. The van der Waals surface area contributed by atoms with Gasteiger partial charge in [0.2, 0.25) is 0 Å². The molecule has 0 aliphatic rings. The first kappa shape index (κ1) is 21.3.